The first-order valence-corrected chi connectivity index (χ1v) is 13.3. The topological polar surface area (TPSA) is 207 Å². The Morgan fingerprint density at radius 3 is 2.36 bits per heavy atom. The van der Waals surface area contributed by atoms with Gasteiger partial charge in [-0.15, -0.1) is 0 Å². The number of hydrogen-bond acceptors (Lipinski definition) is 14. The summed E-state index contributed by atoms with van der Waals surface area (Å²) < 4.78 is 38.7. The average Bonchev–Trinajstić information content (AvgIpc) is 3.46. The molecular weight excluding hydrogens is 560 g/mol. The molecule has 10 atom stereocenters. The Labute approximate surface area is 237 Å². The van der Waals surface area contributed by atoms with Crippen molar-refractivity contribution < 1.29 is 63.5 Å². The monoisotopic (exact) mass is 590 g/mol. The summed E-state index contributed by atoms with van der Waals surface area (Å²) in [6.07, 6.45) is -13.0. The van der Waals surface area contributed by atoms with Crippen LogP contribution in [0.3, 0.4) is 0 Å². The number of aliphatic hydroxyl groups is 6. The molecule has 2 fully saturated rings. The Morgan fingerprint density at radius 1 is 0.810 bits per heavy atom. The molecule has 226 valence electrons. The summed E-state index contributed by atoms with van der Waals surface area (Å²) in [6.45, 7) is 1.15. The smallest absolute Gasteiger partial charge is 0.231 e. The van der Waals surface area contributed by atoms with E-state index in [9.17, 15) is 35.4 Å². The maximum atomic E-state index is 13.2. The van der Waals surface area contributed by atoms with Gasteiger partial charge in [0.2, 0.25) is 13.1 Å². The second kappa shape index (κ2) is 11.4. The maximum absolute atomic E-state index is 13.2. The minimum absolute atomic E-state index is 0.101. The third-order valence-electron chi connectivity index (χ3n) is 7.58. The number of benzene rings is 2. The molecule has 2 saturated heterocycles. The zero-order valence-electron chi connectivity index (χ0n) is 22.2. The van der Waals surface area contributed by atoms with Gasteiger partial charge in [0, 0.05) is 6.07 Å². The van der Waals surface area contributed by atoms with E-state index in [1.807, 2.05) is 0 Å². The predicted molar refractivity (Wildman–Crippen MR) is 140 cm³/mol. The van der Waals surface area contributed by atoms with E-state index in [0.29, 0.717) is 22.6 Å². The lowest BCUT2D eigenvalue weighted by Crippen LogP contribution is -2.61. The van der Waals surface area contributed by atoms with Crippen LogP contribution in [0.5, 0.6) is 17.2 Å². The van der Waals surface area contributed by atoms with Gasteiger partial charge in [0.05, 0.1) is 23.7 Å². The lowest BCUT2D eigenvalue weighted by Gasteiger charge is -2.42. The van der Waals surface area contributed by atoms with Crippen molar-refractivity contribution in [1.82, 2.24) is 0 Å². The third kappa shape index (κ3) is 5.21. The second-order valence-electron chi connectivity index (χ2n) is 10.4. The van der Waals surface area contributed by atoms with Crippen LogP contribution in [0.1, 0.15) is 6.92 Å². The Kier molecular flexibility index (Phi) is 7.82. The van der Waals surface area contributed by atoms with Crippen molar-refractivity contribution in [2.75, 3.05) is 13.4 Å². The van der Waals surface area contributed by atoms with Crippen molar-refractivity contribution >= 4 is 11.0 Å². The Balaban J connectivity index is 1.16. The van der Waals surface area contributed by atoms with Crippen LogP contribution in [-0.4, -0.2) is 105 Å². The van der Waals surface area contributed by atoms with Gasteiger partial charge in [-0.3, -0.25) is 4.79 Å². The molecule has 6 N–H and O–H groups in total. The quantitative estimate of drug-likeness (QED) is 0.208. The van der Waals surface area contributed by atoms with Gasteiger partial charge in [0.15, 0.2) is 23.2 Å². The molecule has 0 amide bonds. The molecule has 3 aromatic rings. The van der Waals surface area contributed by atoms with Crippen molar-refractivity contribution in [1.29, 1.82) is 0 Å². The van der Waals surface area contributed by atoms with Crippen molar-refractivity contribution in [3.05, 3.63) is 52.9 Å². The maximum Gasteiger partial charge on any atom is 0.231 e. The summed E-state index contributed by atoms with van der Waals surface area (Å²) in [6, 6.07) is 9.47. The van der Waals surface area contributed by atoms with E-state index in [4.69, 9.17) is 32.8 Å². The summed E-state index contributed by atoms with van der Waals surface area (Å²) >= 11 is 0. The zero-order chi connectivity index (χ0) is 29.7. The van der Waals surface area contributed by atoms with Crippen LogP contribution in [0, 0.1) is 0 Å². The van der Waals surface area contributed by atoms with E-state index in [-0.39, 0.29) is 28.9 Å². The minimum Gasteiger partial charge on any atom is -0.463 e. The van der Waals surface area contributed by atoms with E-state index in [1.54, 1.807) is 18.2 Å². The summed E-state index contributed by atoms with van der Waals surface area (Å²) in [7, 11) is 0. The molecule has 0 bridgehead atoms. The van der Waals surface area contributed by atoms with Crippen LogP contribution in [0.4, 0.5) is 0 Å². The van der Waals surface area contributed by atoms with E-state index >= 15 is 0 Å². The zero-order valence-corrected chi connectivity index (χ0v) is 22.2. The molecule has 2 aromatic carbocycles. The fourth-order valence-electron chi connectivity index (χ4n) is 5.07. The fourth-order valence-corrected chi connectivity index (χ4v) is 5.07. The minimum atomic E-state index is -1.69. The van der Waals surface area contributed by atoms with E-state index in [2.05, 4.69) is 0 Å². The third-order valence-corrected chi connectivity index (χ3v) is 7.58. The summed E-state index contributed by atoms with van der Waals surface area (Å²) in [5, 5.41) is 61.7. The molecule has 3 aliphatic heterocycles. The lowest BCUT2D eigenvalue weighted by atomic mass is 9.98. The molecule has 1 aromatic heterocycles. The summed E-state index contributed by atoms with van der Waals surface area (Å²) in [5.74, 6) is 1.23. The van der Waals surface area contributed by atoms with Crippen molar-refractivity contribution in [2.24, 2.45) is 0 Å². The Bertz CT molecular complexity index is 1490. The molecule has 3 aliphatic rings. The van der Waals surface area contributed by atoms with E-state index < -0.39 is 68.0 Å². The highest BCUT2D eigenvalue weighted by molar-refractivity contribution is 5.83. The van der Waals surface area contributed by atoms with Crippen LogP contribution in [0.2, 0.25) is 0 Å². The van der Waals surface area contributed by atoms with Gasteiger partial charge >= 0.3 is 0 Å². The summed E-state index contributed by atoms with van der Waals surface area (Å²) in [4.78, 5) is 13.2. The van der Waals surface area contributed by atoms with Crippen LogP contribution in [-0.2, 0) is 14.2 Å². The van der Waals surface area contributed by atoms with Gasteiger partial charge in [-0.05, 0) is 36.8 Å². The second-order valence-corrected chi connectivity index (χ2v) is 10.4. The molecule has 0 saturated carbocycles. The average molecular weight is 591 g/mol. The van der Waals surface area contributed by atoms with Crippen LogP contribution in [0.25, 0.3) is 22.1 Å². The van der Waals surface area contributed by atoms with Crippen LogP contribution in [0.15, 0.2) is 51.9 Å². The first-order chi connectivity index (χ1) is 20.1. The van der Waals surface area contributed by atoms with Crippen molar-refractivity contribution in [3.63, 3.8) is 0 Å². The van der Waals surface area contributed by atoms with Gasteiger partial charge in [-0.2, -0.15) is 0 Å². The molecule has 4 heterocycles. The largest absolute Gasteiger partial charge is 0.463 e. The molecule has 6 rings (SSSR count). The standard InChI is InChI=1S/C28H30O14/c1-11-20(29)23(32)25(34)27(40-11)37-9-19-22(31)24(33)26(35)28(42-19)41-13-3-4-14-17(7-13)36-8-15(21(14)30)12-2-5-16-18(6-12)39-10-38-16/h2-8,11,19-20,22-29,31-35H,9-10H2,1H3/t11-,19+,20-,22+,23+,24-,25+,26+,27+,28+/m0/s1. The summed E-state index contributed by atoms with van der Waals surface area (Å²) in [5.41, 5.74) is 0.779. The molecule has 0 spiro atoms. The highest BCUT2D eigenvalue weighted by Gasteiger charge is 2.47. The molecule has 42 heavy (non-hydrogen) atoms. The van der Waals surface area contributed by atoms with E-state index in [1.165, 1.54) is 31.4 Å². The van der Waals surface area contributed by atoms with Gasteiger partial charge < -0.3 is 63.5 Å². The van der Waals surface area contributed by atoms with Gasteiger partial charge in [-0.25, -0.2) is 0 Å². The van der Waals surface area contributed by atoms with Crippen LogP contribution < -0.4 is 19.6 Å². The van der Waals surface area contributed by atoms with Gasteiger partial charge in [0.25, 0.3) is 0 Å². The van der Waals surface area contributed by atoms with Crippen LogP contribution >= 0.6 is 0 Å². The molecule has 0 unspecified atom stereocenters. The molecule has 14 heteroatoms. The number of aliphatic hydroxyl groups excluding tert-OH is 6. The highest BCUT2D eigenvalue weighted by Crippen LogP contribution is 2.36. The molecule has 14 nitrogen and oxygen atoms in total. The predicted octanol–water partition coefficient (Wildman–Crippen LogP) is -0.781. The van der Waals surface area contributed by atoms with Crippen molar-refractivity contribution in [3.8, 4) is 28.4 Å². The number of hydrogen-bond donors (Lipinski definition) is 6. The first-order valence-electron chi connectivity index (χ1n) is 13.3. The van der Waals surface area contributed by atoms with E-state index in [0.717, 1.165) is 0 Å². The molecule has 0 radical (unpaired) electrons. The highest BCUT2D eigenvalue weighted by atomic mass is 16.7. The number of rotatable bonds is 6. The first kappa shape index (κ1) is 28.8. The van der Waals surface area contributed by atoms with Crippen molar-refractivity contribution in [2.45, 2.75) is 68.3 Å². The lowest BCUT2D eigenvalue weighted by molar-refractivity contribution is -0.318. The number of fused-ring (bicyclic) bond motifs is 2. The Hall–Kier alpha value is -3.31. The SMILES string of the molecule is C[C@@H]1O[C@@H](OC[C@H]2O[C@@H](Oc3ccc4c(=O)c(-c5ccc6c(c5)OCO6)coc4c3)[C@H](O)[C@@H](O)[C@@H]2O)[C@H](O)[C@H](O)[C@H]1O. The number of ether oxygens (including phenoxy) is 6. The normalized spacial score (nSPS) is 34.5. The Morgan fingerprint density at radius 2 is 1.55 bits per heavy atom. The van der Waals surface area contributed by atoms with Gasteiger partial charge in [0.1, 0.15) is 60.3 Å². The molecule has 0 aliphatic carbocycles. The molecular formula is C28H30O14. The van der Waals surface area contributed by atoms with Gasteiger partial charge in [-0.1, -0.05) is 6.07 Å². The fraction of sp³-hybridized carbons (Fsp3) is 0.464.